The fourth-order valence-corrected chi connectivity index (χ4v) is 3.57. The summed E-state index contributed by atoms with van der Waals surface area (Å²) < 4.78 is 17.1. The largest absolute Gasteiger partial charge is 0.497 e. The molecule has 114 valence electrons. The summed E-state index contributed by atoms with van der Waals surface area (Å²) in [5.41, 5.74) is -0.380. The van der Waals surface area contributed by atoms with Crippen LogP contribution < -0.4 is 0 Å². The Morgan fingerprint density at radius 3 is 2.65 bits per heavy atom. The van der Waals surface area contributed by atoms with Crippen LogP contribution in [0.2, 0.25) is 0 Å². The van der Waals surface area contributed by atoms with E-state index in [0.29, 0.717) is 24.3 Å². The highest BCUT2D eigenvalue weighted by atomic mass is 79.9. The highest BCUT2D eigenvalue weighted by molar-refractivity contribution is 9.12. The summed E-state index contributed by atoms with van der Waals surface area (Å²) in [5, 5.41) is 0. The van der Waals surface area contributed by atoms with Gasteiger partial charge in [0.1, 0.15) is 5.76 Å². The van der Waals surface area contributed by atoms with E-state index in [-0.39, 0.29) is 23.4 Å². The SMILES string of the molecule is CCOC1=C(Br)C(=O)[C@](C)(CCC2OCCO2)[C@@H](C)C1. The van der Waals surface area contributed by atoms with Crippen molar-refractivity contribution in [1.29, 1.82) is 0 Å². The van der Waals surface area contributed by atoms with E-state index in [1.54, 1.807) is 0 Å². The molecule has 0 aromatic heterocycles. The van der Waals surface area contributed by atoms with Crippen molar-refractivity contribution < 1.29 is 19.0 Å². The van der Waals surface area contributed by atoms with E-state index in [9.17, 15) is 4.79 Å². The van der Waals surface area contributed by atoms with Gasteiger partial charge in [-0.15, -0.1) is 0 Å². The number of Topliss-reactive ketones (excluding diaryl/α,β-unsaturated/α-hetero) is 1. The Morgan fingerprint density at radius 1 is 1.40 bits per heavy atom. The molecule has 1 fully saturated rings. The van der Waals surface area contributed by atoms with Crippen molar-refractivity contribution >= 4 is 21.7 Å². The molecular weight excluding hydrogens is 324 g/mol. The molecule has 2 atom stereocenters. The lowest BCUT2D eigenvalue weighted by atomic mass is 9.67. The van der Waals surface area contributed by atoms with Crippen LogP contribution in [0.4, 0.5) is 0 Å². The molecule has 0 bridgehead atoms. The van der Waals surface area contributed by atoms with Gasteiger partial charge in [-0.1, -0.05) is 13.8 Å². The van der Waals surface area contributed by atoms with Crippen LogP contribution >= 0.6 is 15.9 Å². The maximum Gasteiger partial charge on any atom is 0.179 e. The molecule has 20 heavy (non-hydrogen) atoms. The number of halogens is 1. The second-order valence-corrected chi connectivity index (χ2v) is 6.52. The summed E-state index contributed by atoms with van der Waals surface area (Å²) in [7, 11) is 0. The molecule has 0 aromatic carbocycles. The fourth-order valence-electron chi connectivity index (χ4n) is 2.84. The van der Waals surface area contributed by atoms with Crippen molar-refractivity contribution in [1.82, 2.24) is 0 Å². The first-order valence-electron chi connectivity index (χ1n) is 7.28. The van der Waals surface area contributed by atoms with E-state index in [1.807, 2.05) is 13.8 Å². The van der Waals surface area contributed by atoms with Crippen molar-refractivity contribution in [2.45, 2.75) is 46.3 Å². The van der Waals surface area contributed by atoms with Crippen LogP contribution in [0.3, 0.4) is 0 Å². The predicted molar refractivity (Wildman–Crippen MR) is 79.4 cm³/mol. The lowest BCUT2D eigenvalue weighted by molar-refractivity contribution is -0.129. The van der Waals surface area contributed by atoms with Crippen LogP contribution in [0.5, 0.6) is 0 Å². The molecule has 0 amide bonds. The standard InChI is InChI=1S/C15H23BrO4/c1-4-18-11-9-10(2)15(3,14(17)13(11)16)6-5-12-19-7-8-20-12/h10,12H,4-9H2,1-3H3/t10-,15+/m0/s1. The highest BCUT2D eigenvalue weighted by Gasteiger charge is 2.45. The molecule has 0 saturated carbocycles. The molecule has 0 aromatic rings. The number of hydrogen-bond donors (Lipinski definition) is 0. The minimum Gasteiger partial charge on any atom is -0.497 e. The lowest BCUT2D eigenvalue weighted by Crippen LogP contribution is -2.39. The van der Waals surface area contributed by atoms with E-state index in [0.717, 1.165) is 25.0 Å². The Kier molecular flexibility index (Phi) is 5.26. The number of carbonyl (C=O) groups excluding carboxylic acids is 1. The summed E-state index contributed by atoms with van der Waals surface area (Å²) in [4.78, 5) is 12.7. The van der Waals surface area contributed by atoms with Crippen LogP contribution in [0, 0.1) is 11.3 Å². The zero-order chi connectivity index (χ0) is 14.8. The maximum absolute atomic E-state index is 12.7. The number of ether oxygens (including phenoxy) is 3. The van der Waals surface area contributed by atoms with Gasteiger partial charge in [-0.25, -0.2) is 0 Å². The van der Waals surface area contributed by atoms with Gasteiger partial charge in [0.25, 0.3) is 0 Å². The molecule has 1 saturated heterocycles. The smallest absolute Gasteiger partial charge is 0.179 e. The molecular formula is C15H23BrO4. The van der Waals surface area contributed by atoms with Gasteiger partial charge in [-0.2, -0.15) is 0 Å². The van der Waals surface area contributed by atoms with Gasteiger partial charge in [-0.3, -0.25) is 4.79 Å². The monoisotopic (exact) mass is 346 g/mol. The van der Waals surface area contributed by atoms with Crippen molar-refractivity contribution in [3.05, 3.63) is 10.2 Å². The van der Waals surface area contributed by atoms with E-state index in [1.165, 1.54) is 0 Å². The molecule has 1 aliphatic carbocycles. The first kappa shape index (κ1) is 16.0. The molecule has 1 heterocycles. The van der Waals surface area contributed by atoms with Gasteiger partial charge in [0.2, 0.25) is 0 Å². The first-order valence-corrected chi connectivity index (χ1v) is 8.07. The first-order chi connectivity index (χ1) is 9.49. The Balaban J connectivity index is 2.07. The number of ketones is 1. The molecule has 2 aliphatic rings. The van der Waals surface area contributed by atoms with E-state index >= 15 is 0 Å². The molecule has 0 unspecified atom stereocenters. The maximum atomic E-state index is 12.7. The predicted octanol–water partition coefficient (Wildman–Crippen LogP) is 3.40. The third-order valence-corrected chi connectivity index (χ3v) is 5.25. The third kappa shape index (κ3) is 3.10. The van der Waals surface area contributed by atoms with Crippen LogP contribution in [0.25, 0.3) is 0 Å². The molecule has 5 heteroatoms. The molecule has 1 aliphatic heterocycles. The summed E-state index contributed by atoms with van der Waals surface area (Å²) in [6.07, 6.45) is 2.18. The average molecular weight is 347 g/mol. The van der Waals surface area contributed by atoms with E-state index in [4.69, 9.17) is 14.2 Å². The van der Waals surface area contributed by atoms with E-state index in [2.05, 4.69) is 22.9 Å². The Morgan fingerprint density at radius 2 is 2.05 bits per heavy atom. The van der Waals surface area contributed by atoms with Crippen molar-refractivity contribution in [2.75, 3.05) is 19.8 Å². The second-order valence-electron chi connectivity index (χ2n) is 5.73. The topological polar surface area (TPSA) is 44.8 Å². The quantitative estimate of drug-likeness (QED) is 0.765. The van der Waals surface area contributed by atoms with Gasteiger partial charge in [0.15, 0.2) is 12.1 Å². The number of carbonyl (C=O) groups is 1. The molecule has 0 spiro atoms. The summed E-state index contributed by atoms with van der Waals surface area (Å²) >= 11 is 3.42. The van der Waals surface area contributed by atoms with Gasteiger partial charge in [-0.05, 0) is 41.6 Å². The van der Waals surface area contributed by atoms with Crippen molar-refractivity contribution in [2.24, 2.45) is 11.3 Å². The summed E-state index contributed by atoms with van der Waals surface area (Å²) in [5.74, 6) is 1.17. The van der Waals surface area contributed by atoms with Gasteiger partial charge >= 0.3 is 0 Å². The van der Waals surface area contributed by atoms with E-state index < -0.39 is 0 Å². The number of allylic oxidation sites excluding steroid dienone is 2. The minimum absolute atomic E-state index is 0.137. The summed E-state index contributed by atoms with van der Waals surface area (Å²) in [6, 6.07) is 0. The van der Waals surface area contributed by atoms with Crippen LogP contribution in [-0.2, 0) is 19.0 Å². The fraction of sp³-hybridized carbons (Fsp3) is 0.800. The minimum atomic E-state index is -0.380. The molecule has 2 rings (SSSR count). The van der Waals surface area contributed by atoms with Crippen molar-refractivity contribution in [3.8, 4) is 0 Å². The third-order valence-electron chi connectivity index (χ3n) is 4.45. The van der Waals surface area contributed by atoms with Crippen LogP contribution in [0.1, 0.15) is 40.0 Å². The van der Waals surface area contributed by atoms with Crippen LogP contribution in [0.15, 0.2) is 10.2 Å². The Labute approximate surface area is 129 Å². The highest BCUT2D eigenvalue weighted by Crippen LogP contribution is 2.46. The van der Waals surface area contributed by atoms with Gasteiger partial charge in [0, 0.05) is 11.8 Å². The zero-order valence-electron chi connectivity index (χ0n) is 12.4. The zero-order valence-corrected chi connectivity index (χ0v) is 14.0. The molecule has 0 N–H and O–H groups in total. The number of hydrogen-bond acceptors (Lipinski definition) is 4. The second kappa shape index (κ2) is 6.58. The Hall–Kier alpha value is -0.390. The Bertz CT molecular complexity index is 401. The lowest BCUT2D eigenvalue weighted by Gasteiger charge is -2.39. The molecule has 0 radical (unpaired) electrons. The normalized spacial score (nSPS) is 32.0. The van der Waals surface area contributed by atoms with Gasteiger partial charge < -0.3 is 14.2 Å². The van der Waals surface area contributed by atoms with Crippen LogP contribution in [-0.4, -0.2) is 31.9 Å². The molecule has 4 nitrogen and oxygen atoms in total. The average Bonchev–Trinajstić information content (AvgIpc) is 2.94. The van der Waals surface area contributed by atoms with Crippen molar-refractivity contribution in [3.63, 3.8) is 0 Å². The van der Waals surface area contributed by atoms with Gasteiger partial charge in [0.05, 0.1) is 24.3 Å². The number of rotatable bonds is 5. The summed E-state index contributed by atoms with van der Waals surface area (Å²) in [6.45, 7) is 7.99.